The molecule has 10 heteroatoms. The Labute approximate surface area is 197 Å². The molecule has 1 fully saturated rings. The zero-order valence-corrected chi connectivity index (χ0v) is 20.8. The number of sulfonamides is 1. The molecule has 1 saturated heterocycles. The van der Waals surface area contributed by atoms with Crippen molar-refractivity contribution in [3.63, 3.8) is 0 Å². The maximum absolute atomic E-state index is 13.3. The van der Waals surface area contributed by atoms with Crippen molar-refractivity contribution in [1.82, 2.24) is 14.5 Å². The molecule has 3 heterocycles. The van der Waals surface area contributed by atoms with Gasteiger partial charge in [0.15, 0.2) is 0 Å². The average molecular weight is 494 g/mol. The number of thioether (sulfide) groups is 1. The third kappa shape index (κ3) is 4.73. The molecule has 1 N–H and O–H groups in total. The summed E-state index contributed by atoms with van der Waals surface area (Å²) in [7, 11) is -3.73. The van der Waals surface area contributed by atoms with Crippen LogP contribution in [0.15, 0.2) is 40.6 Å². The third-order valence-corrected chi connectivity index (χ3v) is 9.31. The molecular weight excluding hydrogens is 466 g/mol. The molecule has 0 radical (unpaired) electrons. The van der Waals surface area contributed by atoms with Gasteiger partial charge in [0, 0.05) is 34.8 Å². The molecule has 2 aliphatic heterocycles. The van der Waals surface area contributed by atoms with E-state index in [0.717, 1.165) is 5.56 Å². The second-order valence-corrected chi connectivity index (χ2v) is 13.0. The lowest BCUT2D eigenvalue weighted by Gasteiger charge is -2.28. The van der Waals surface area contributed by atoms with E-state index in [1.165, 1.54) is 38.0 Å². The fraction of sp³-hybridized carbons (Fsp3) is 0.455. The summed E-state index contributed by atoms with van der Waals surface area (Å²) in [5, 5.41) is 4.92. The van der Waals surface area contributed by atoms with Gasteiger partial charge in [-0.25, -0.2) is 8.42 Å². The second kappa shape index (κ2) is 8.81. The van der Waals surface area contributed by atoms with E-state index in [9.17, 15) is 18.0 Å². The van der Waals surface area contributed by atoms with Gasteiger partial charge < -0.3 is 10.2 Å². The second-order valence-electron chi connectivity index (χ2n) is 9.02. The number of nitrogens with one attached hydrogen (secondary N) is 1. The standard InChI is InChI=1S/C22H27N3O4S3/c1-22(2,3)23-20(26)18-13-30-14-25(18)21(27)15-5-4-6-17(11-15)32(28,29)24-9-7-19-16(12-24)8-10-31-19/h4-6,8,10-11,18H,7,9,12-14H2,1-3H3,(H,23,26). The predicted octanol–water partition coefficient (Wildman–Crippen LogP) is 2.92. The molecule has 2 amide bonds. The largest absolute Gasteiger partial charge is 0.350 e. The average Bonchev–Trinajstić information content (AvgIpc) is 3.41. The first-order valence-electron chi connectivity index (χ1n) is 10.4. The smallest absolute Gasteiger partial charge is 0.255 e. The van der Waals surface area contributed by atoms with Crippen LogP contribution in [0.3, 0.4) is 0 Å². The lowest BCUT2D eigenvalue weighted by molar-refractivity contribution is -0.125. The molecule has 172 valence electrons. The van der Waals surface area contributed by atoms with Gasteiger partial charge in [-0.2, -0.15) is 4.31 Å². The number of nitrogens with zero attached hydrogens (tertiary/aromatic N) is 2. The van der Waals surface area contributed by atoms with Crippen molar-refractivity contribution in [2.24, 2.45) is 0 Å². The molecule has 1 unspecified atom stereocenters. The van der Waals surface area contributed by atoms with Crippen molar-refractivity contribution in [2.75, 3.05) is 18.2 Å². The van der Waals surface area contributed by atoms with Gasteiger partial charge in [0.25, 0.3) is 5.91 Å². The molecule has 32 heavy (non-hydrogen) atoms. The SMILES string of the molecule is CC(C)(C)NC(=O)C1CSCN1C(=O)c1cccc(S(=O)(=O)N2CCc3sccc3C2)c1. The van der Waals surface area contributed by atoms with Gasteiger partial charge >= 0.3 is 0 Å². The minimum Gasteiger partial charge on any atom is -0.350 e. The van der Waals surface area contributed by atoms with Gasteiger partial charge in [-0.05, 0) is 62.4 Å². The summed E-state index contributed by atoms with van der Waals surface area (Å²) in [5.74, 6) is 0.382. The van der Waals surface area contributed by atoms with Crippen molar-refractivity contribution < 1.29 is 18.0 Å². The van der Waals surface area contributed by atoms with Crippen LogP contribution in [0.5, 0.6) is 0 Å². The lowest BCUT2D eigenvalue weighted by atomic mass is 10.1. The molecular formula is C22H27N3O4S3. The molecule has 1 atom stereocenters. The van der Waals surface area contributed by atoms with E-state index >= 15 is 0 Å². The van der Waals surface area contributed by atoms with E-state index in [0.29, 0.717) is 31.1 Å². The van der Waals surface area contributed by atoms with Crippen LogP contribution in [0, 0.1) is 0 Å². The van der Waals surface area contributed by atoms with Crippen LogP contribution in [0.1, 0.15) is 41.6 Å². The van der Waals surface area contributed by atoms with E-state index in [2.05, 4.69) is 5.32 Å². The van der Waals surface area contributed by atoms with Crippen molar-refractivity contribution in [3.05, 3.63) is 51.7 Å². The van der Waals surface area contributed by atoms with Crippen molar-refractivity contribution in [3.8, 4) is 0 Å². The minimum atomic E-state index is -3.73. The van der Waals surface area contributed by atoms with Gasteiger partial charge in [-0.15, -0.1) is 23.1 Å². The van der Waals surface area contributed by atoms with E-state index in [4.69, 9.17) is 0 Å². The lowest BCUT2D eigenvalue weighted by Crippen LogP contribution is -2.52. The first-order valence-corrected chi connectivity index (χ1v) is 13.9. The zero-order chi connectivity index (χ0) is 23.1. The Hall–Kier alpha value is -1.88. The number of rotatable bonds is 4. The van der Waals surface area contributed by atoms with Gasteiger partial charge in [0.1, 0.15) is 6.04 Å². The van der Waals surface area contributed by atoms with E-state index in [-0.39, 0.29) is 22.3 Å². The molecule has 4 rings (SSSR count). The summed E-state index contributed by atoms with van der Waals surface area (Å²) in [4.78, 5) is 28.8. The summed E-state index contributed by atoms with van der Waals surface area (Å²) in [6, 6.07) is 7.55. The van der Waals surface area contributed by atoms with E-state index in [1.807, 2.05) is 32.2 Å². The highest BCUT2D eigenvalue weighted by molar-refractivity contribution is 7.99. The highest BCUT2D eigenvalue weighted by atomic mass is 32.2. The van der Waals surface area contributed by atoms with E-state index < -0.39 is 21.6 Å². The Bertz CT molecular complexity index is 1140. The highest BCUT2D eigenvalue weighted by Crippen LogP contribution is 2.29. The van der Waals surface area contributed by atoms with Crippen molar-refractivity contribution in [1.29, 1.82) is 0 Å². The zero-order valence-electron chi connectivity index (χ0n) is 18.3. The Morgan fingerprint density at radius 1 is 1.19 bits per heavy atom. The molecule has 2 aromatic rings. The molecule has 0 saturated carbocycles. The van der Waals surface area contributed by atoms with Crippen LogP contribution >= 0.6 is 23.1 Å². The normalized spacial score (nSPS) is 19.6. The Morgan fingerprint density at radius 2 is 1.97 bits per heavy atom. The molecule has 2 aliphatic rings. The summed E-state index contributed by atoms with van der Waals surface area (Å²) >= 11 is 3.17. The number of thiophene rings is 1. The monoisotopic (exact) mass is 493 g/mol. The Morgan fingerprint density at radius 3 is 2.72 bits per heavy atom. The van der Waals surface area contributed by atoms with Gasteiger partial charge in [0.05, 0.1) is 10.8 Å². The molecule has 1 aromatic heterocycles. The number of hydrogen-bond acceptors (Lipinski definition) is 6. The number of carbonyl (C=O) groups is 2. The Kier molecular flexibility index (Phi) is 6.41. The maximum Gasteiger partial charge on any atom is 0.255 e. The number of benzene rings is 1. The fourth-order valence-electron chi connectivity index (χ4n) is 3.85. The first kappa shape index (κ1) is 23.3. The molecule has 7 nitrogen and oxygen atoms in total. The third-order valence-electron chi connectivity index (χ3n) is 5.44. The summed E-state index contributed by atoms with van der Waals surface area (Å²) in [6.45, 7) is 6.45. The van der Waals surface area contributed by atoms with Gasteiger partial charge in [0.2, 0.25) is 15.9 Å². The van der Waals surface area contributed by atoms with Crippen LogP contribution in [-0.4, -0.2) is 59.2 Å². The maximum atomic E-state index is 13.3. The number of amides is 2. The summed E-state index contributed by atoms with van der Waals surface area (Å²) in [5.41, 5.74) is 0.915. The quantitative estimate of drug-likeness (QED) is 0.708. The van der Waals surface area contributed by atoms with Gasteiger partial charge in [-0.1, -0.05) is 6.07 Å². The minimum absolute atomic E-state index is 0.101. The topological polar surface area (TPSA) is 86.8 Å². The van der Waals surface area contributed by atoms with Crippen molar-refractivity contribution in [2.45, 2.75) is 50.2 Å². The van der Waals surface area contributed by atoms with Crippen LogP contribution in [0.4, 0.5) is 0 Å². The molecule has 0 aliphatic carbocycles. The summed E-state index contributed by atoms with van der Waals surface area (Å²) in [6.07, 6.45) is 0.695. The molecule has 0 spiro atoms. The Balaban J connectivity index is 1.55. The highest BCUT2D eigenvalue weighted by Gasteiger charge is 2.37. The molecule has 0 bridgehead atoms. The van der Waals surface area contributed by atoms with E-state index in [1.54, 1.807) is 23.5 Å². The van der Waals surface area contributed by atoms with Gasteiger partial charge in [-0.3, -0.25) is 9.59 Å². The number of hydrogen-bond donors (Lipinski definition) is 1. The number of fused-ring (bicyclic) bond motifs is 1. The summed E-state index contributed by atoms with van der Waals surface area (Å²) < 4.78 is 28.0. The van der Waals surface area contributed by atoms with Crippen LogP contribution in [-0.2, 0) is 27.8 Å². The molecule has 1 aromatic carbocycles. The predicted molar refractivity (Wildman–Crippen MR) is 127 cm³/mol. The first-order chi connectivity index (χ1) is 15.1. The van der Waals surface area contributed by atoms with Crippen LogP contribution in [0.25, 0.3) is 0 Å². The van der Waals surface area contributed by atoms with Crippen LogP contribution in [0.2, 0.25) is 0 Å². The van der Waals surface area contributed by atoms with Crippen LogP contribution < -0.4 is 5.32 Å². The fourth-order valence-corrected chi connectivity index (χ4v) is 7.35. The number of carbonyl (C=O) groups excluding carboxylic acids is 2. The van der Waals surface area contributed by atoms with Crippen molar-refractivity contribution >= 4 is 44.9 Å².